The molecule has 1 aromatic carbocycles. The van der Waals surface area contributed by atoms with Crippen molar-refractivity contribution in [3.05, 3.63) is 59.9 Å². The van der Waals surface area contributed by atoms with Gasteiger partial charge in [-0.3, -0.25) is 4.98 Å². The third-order valence-corrected chi connectivity index (χ3v) is 4.26. The first-order valence-corrected chi connectivity index (χ1v) is 8.52. The quantitative estimate of drug-likeness (QED) is 0.659. The van der Waals surface area contributed by atoms with E-state index in [-0.39, 0.29) is 0 Å². The van der Waals surface area contributed by atoms with E-state index in [0.717, 1.165) is 17.1 Å². The Labute approximate surface area is 140 Å². The number of aromatic amines is 1. The molecule has 0 saturated carbocycles. The molecule has 2 aromatic heterocycles. The van der Waals surface area contributed by atoms with Gasteiger partial charge in [0.05, 0.1) is 5.69 Å². The van der Waals surface area contributed by atoms with E-state index in [4.69, 9.17) is 0 Å². The molecule has 0 unspecified atom stereocenters. The van der Waals surface area contributed by atoms with Gasteiger partial charge in [-0.05, 0) is 29.7 Å². The Morgan fingerprint density at radius 3 is 2.74 bits per heavy atom. The Hall–Kier alpha value is -2.34. The van der Waals surface area contributed by atoms with Gasteiger partial charge < -0.3 is 5.32 Å². The molecule has 3 aromatic rings. The third kappa shape index (κ3) is 4.10. The summed E-state index contributed by atoms with van der Waals surface area (Å²) in [5.41, 5.74) is 3.33. The summed E-state index contributed by atoms with van der Waals surface area (Å²) in [4.78, 5) is 8.78. The maximum absolute atomic E-state index is 4.48. The molecule has 0 atom stereocenters. The molecular weight excluding hydrogens is 306 g/mol. The average Bonchev–Trinajstić information content (AvgIpc) is 3.02. The zero-order valence-corrected chi connectivity index (χ0v) is 14.0. The van der Waals surface area contributed by atoms with Gasteiger partial charge in [0.15, 0.2) is 0 Å². The van der Waals surface area contributed by atoms with Crippen LogP contribution in [0, 0.1) is 0 Å². The highest BCUT2D eigenvalue weighted by molar-refractivity contribution is 7.98. The topological polar surface area (TPSA) is 66.5 Å². The van der Waals surface area contributed by atoms with Gasteiger partial charge in [0, 0.05) is 17.6 Å². The molecule has 118 valence electrons. The second-order valence-electron chi connectivity index (χ2n) is 5.44. The largest absolute Gasteiger partial charge is 0.324 e. The van der Waals surface area contributed by atoms with Crippen LogP contribution in [0.1, 0.15) is 31.0 Å². The lowest BCUT2D eigenvalue weighted by Gasteiger charge is -2.12. The van der Waals surface area contributed by atoms with Gasteiger partial charge >= 0.3 is 0 Å². The summed E-state index contributed by atoms with van der Waals surface area (Å²) in [5.74, 6) is 1.85. The van der Waals surface area contributed by atoms with Gasteiger partial charge in [-0.2, -0.15) is 4.98 Å². The Morgan fingerprint density at radius 2 is 1.96 bits per heavy atom. The molecule has 5 nitrogen and oxygen atoms in total. The molecule has 0 spiro atoms. The van der Waals surface area contributed by atoms with Crippen molar-refractivity contribution in [2.45, 2.75) is 30.7 Å². The molecule has 0 aliphatic heterocycles. The molecule has 0 aliphatic carbocycles. The van der Waals surface area contributed by atoms with E-state index >= 15 is 0 Å². The van der Waals surface area contributed by atoms with Crippen LogP contribution >= 0.6 is 11.8 Å². The molecule has 0 saturated heterocycles. The van der Waals surface area contributed by atoms with Crippen molar-refractivity contribution in [3.8, 4) is 0 Å². The van der Waals surface area contributed by atoms with Crippen LogP contribution < -0.4 is 5.32 Å². The first kappa shape index (κ1) is 15.6. The standard InChI is InChI=1S/C17H19N5S/c1-12(2)14-8-3-4-9-15(14)19-16-20-17(22-21-16)23-11-13-7-5-6-10-18-13/h3-10,12H,11H2,1-2H3,(H2,19,20,21,22). The Kier molecular flexibility index (Phi) is 4.92. The fourth-order valence-corrected chi connectivity index (χ4v) is 2.94. The van der Waals surface area contributed by atoms with E-state index in [1.807, 2.05) is 24.3 Å². The van der Waals surface area contributed by atoms with Crippen LogP contribution in [0.5, 0.6) is 0 Å². The predicted octanol–water partition coefficient (Wildman–Crippen LogP) is 4.36. The molecule has 23 heavy (non-hydrogen) atoms. The lowest BCUT2D eigenvalue weighted by molar-refractivity contribution is 0.868. The zero-order chi connectivity index (χ0) is 16.1. The first-order valence-electron chi connectivity index (χ1n) is 7.53. The van der Waals surface area contributed by atoms with Gasteiger partial charge in [-0.15, -0.1) is 5.10 Å². The summed E-state index contributed by atoms with van der Waals surface area (Å²) in [6.45, 7) is 4.35. The maximum Gasteiger partial charge on any atom is 0.223 e. The van der Waals surface area contributed by atoms with Crippen LogP contribution in [0.15, 0.2) is 53.8 Å². The van der Waals surface area contributed by atoms with Crippen LogP contribution in [0.25, 0.3) is 0 Å². The van der Waals surface area contributed by atoms with Crippen LogP contribution in [-0.4, -0.2) is 20.2 Å². The van der Waals surface area contributed by atoms with E-state index in [0.29, 0.717) is 17.0 Å². The van der Waals surface area contributed by atoms with Gasteiger partial charge in [0.2, 0.25) is 11.1 Å². The molecule has 0 fully saturated rings. The monoisotopic (exact) mass is 325 g/mol. The molecule has 0 aliphatic rings. The molecule has 0 radical (unpaired) electrons. The van der Waals surface area contributed by atoms with Crippen LogP contribution in [0.2, 0.25) is 0 Å². The van der Waals surface area contributed by atoms with E-state index in [1.54, 1.807) is 18.0 Å². The van der Waals surface area contributed by atoms with Crippen LogP contribution in [-0.2, 0) is 5.75 Å². The molecule has 2 heterocycles. The van der Waals surface area contributed by atoms with Gasteiger partial charge in [-0.1, -0.05) is 49.9 Å². The van der Waals surface area contributed by atoms with Crippen molar-refractivity contribution in [1.29, 1.82) is 0 Å². The number of H-pyrrole nitrogens is 1. The highest BCUT2D eigenvalue weighted by atomic mass is 32.2. The summed E-state index contributed by atoms with van der Waals surface area (Å²) >= 11 is 1.56. The molecular formula is C17H19N5S. The van der Waals surface area contributed by atoms with Gasteiger partial charge in [-0.25, -0.2) is 5.10 Å². The van der Waals surface area contributed by atoms with Gasteiger partial charge in [0.25, 0.3) is 0 Å². The van der Waals surface area contributed by atoms with E-state index < -0.39 is 0 Å². The summed E-state index contributed by atoms with van der Waals surface area (Å²) in [6.07, 6.45) is 1.80. The molecule has 3 rings (SSSR count). The van der Waals surface area contributed by atoms with Crippen LogP contribution in [0.4, 0.5) is 11.6 Å². The highest BCUT2D eigenvalue weighted by Gasteiger charge is 2.09. The Balaban J connectivity index is 1.66. The maximum atomic E-state index is 4.48. The number of benzene rings is 1. The lowest BCUT2D eigenvalue weighted by atomic mass is 10.0. The first-order chi connectivity index (χ1) is 11.2. The second kappa shape index (κ2) is 7.28. The highest BCUT2D eigenvalue weighted by Crippen LogP contribution is 2.26. The SMILES string of the molecule is CC(C)c1ccccc1Nc1nc(SCc2ccccn2)n[nH]1. The fourth-order valence-electron chi connectivity index (χ4n) is 2.23. The summed E-state index contributed by atoms with van der Waals surface area (Å²) < 4.78 is 0. The number of nitrogens with one attached hydrogen (secondary N) is 2. The number of rotatable bonds is 6. The van der Waals surface area contributed by atoms with Crippen molar-refractivity contribution >= 4 is 23.4 Å². The number of thioether (sulfide) groups is 1. The van der Waals surface area contributed by atoms with E-state index in [1.165, 1.54) is 5.56 Å². The van der Waals surface area contributed by atoms with Crippen molar-refractivity contribution < 1.29 is 0 Å². The third-order valence-electron chi connectivity index (χ3n) is 3.38. The summed E-state index contributed by atoms with van der Waals surface area (Å²) in [5, 5.41) is 11.2. The second-order valence-corrected chi connectivity index (χ2v) is 6.39. The number of nitrogens with zero attached hydrogens (tertiary/aromatic N) is 3. The van der Waals surface area contributed by atoms with Gasteiger partial charge in [0.1, 0.15) is 0 Å². The average molecular weight is 325 g/mol. The lowest BCUT2D eigenvalue weighted by Crippen LogP contribution is -1.98. The summed E-state index contributed by atoms with van der Waals surface area (Å²) in [7, 11) is 0. The molecule has 0 bridgehead atoms. The number of pyridine rings is 1. The molecule has 0 amide bonds. The number of aromatic nitrogens is 4. The molecule has 2 N–H and O–H groups in total. The minimum Gasteiger partial charge on any atom is -0.324 e. The zero-order valence-electron chi connectivity index (χ0n) is 13.2. The van der Waals surface area contributed by atoms with Crippen molar-refractivity contribution in [2.24, 2.45) is 0 Å². The predicted molar refractivity (Wildman–Crippen MR) is 94.0 cm³/mol. The fraction of sp³-hybridized carbons (Fsp3) is 0.235. The number of hydrogen-bond acceptors (Lipinski definition) is 5. The number of para-hydroxylation sites is 1. The smallest absolute Gasteiger partial charge is 0.223 e. The Bertz CT molecular complexity index is 754. The number of anilines is 2. The minimum absolute atomic E-state index is 0.444. The molecule has 6 heteroatoms. The van der Waals surface area contributed by atoms with E-state index in [9.17, 15) is 0 Å². The minimum atomic E-state index is 0.444. The van der Waals surface area contributed by atoms with E-state index in [2.05, 4.69) is 57.5 Å². The van der Waals surface area contributed by atoms with Crippen molar-refractivity contribution in [1.82, 2.24) is 20.2 Å². The Morgan fingerprint density at radius 1 is 1.13 bits per heavy atom. The normalized spacial score (nSPS) is 10.9. The van der Waals surface area contributed by atoms with Crippen molar-refractivity contribution in [3.63, 3.8) is 0 Å². The van der Waals surface area contributed by atoms with Crippen molar-refractivity contribution in [2.75, 3.05) is 5.32 Å². The number of hydrogen-bond donors (Lipinski definition) is 2. The summed E-state index contributed by atoms with van der Waals surface area (Å²) in [6, 6.07) is 14.1. The van der Waals surface area contributed by atoms with Crippen LogP contribution in [0.3, 0.4) is 0 Å².